The Labute approximate surface area is 103 Å². The fourth-order valence-corrected chi connectivity index (χ4v) is 1.52. The van der Waals surface area contributed by atoms with E-state index in [1.807, 2.05) is 23.0 Å². The zero-order chi connectivity index (χ0) is 12.5. The van der Waals surface area contributed by atoms with Crippen LogP contribution in [0, 0.1) is 0 Å². The predicted molar refractivity (Wildman–Crippen MR) is 66.7 cm³/mol. The van der Waals surface area contributed by atoms with Gasteiger partial charge < -0.3 is 4.74 Å². The third-order valence-electron chi connectivity index (χ3n) is 2.59. The Balaban J connectivity index is 2.54. The number of nitrogens with zero attached hydrogens (tertiary/aromatic N) is 1. The van der Waals surface area contributed by atoms with Crippen molar-refractivity contribution in [1.82, 2.24) is 0 Å². The summed E-state index contributed by atoms with van der Waals surface area (Å²) >= 11 is 0. The van der Waals surface area contributed by atoms with Crippen LogP contribution in [0.1, 0.15) is 49.9 Å². The largest absolute Gasteiger partial charge is 0.462 e. The lowest BCUT2D eigenvalue weighted by molar-refractivity contribution is -0.697. The Bertz CT molecular complexity index is 350. The van der Waals surface area contributed by atoms with Crippen LogP contribution >= 0.6 is 0 Å². The van der Waals surface area contributed by atoms with Gasteiger partial charge in [0.25, 0.3) is 0 Å². The molecule has 0 aliphatic heterocycles. The van der Waals surface area contributed by atoms with Crippen molar-refractivity contribution in [1.29, 1.82) is 0 Å². The maximum atomic E-state index is 11.7. The molecule has 1 aromatic heterocycles. The topological polar surface area (TPSA) is 30.2 Å². The van der Waals surface area contributed by atoms with Gasteiger partial charge in [-0.2, -0.15) is 0 Å². The molecule has 0 saturated carbocycles. The van der Waals surface area contributed by atoms with E-state index in [-0.39, 0.29) is 5.97 Å². The molecule has 0 N–H and O–H groups in total. The van der Waals surface area contributed by atoms with Gasteiger partial charge in [0.05, 0.1) is 6.61 Å². The van der Waals surface area contributed by atoms with E-state index >= 15 is 0 Å². The van der Waals surface area contributed by atoms with Crippen molar-refractivity contribution in [2.24, 2.45) is 0 Å². The molecule has 0 aliphatic rings. The Morgan fingerprint density at radius 1 is 1.29 bits per heavy atom. The van der Waals surface area contributed by atoms with Gasteiger partial charge in [-0.15, -0.1) is 0 Å². The summed E-state index contributed by atoms with van der Waals surface area (Å²) in [5.41, 5.74) is 0.639. The van der Waals surface area contributed by atoms with Crippen LogP contribution in [-0.4, -0.2) is 12.6 Å². The van der Waals surface area contributed by atoms with Crippen LogP contribution < -0.4 is 4.57 Å². The molecule has 0 aliphatic carbocycles. The highest BCUT2D eigenvalue weighted by atomic mass is 16.5. The zero-order valence-corrected chi connectivity index (χ0v) is 10.8. The molecule has 0 bridgehead atoms. The minimum atomic E-state index is -0.218. The number of aromatic nitrogens is 1. The molecule has 0 radical (unpaired) electrons. The Morgan fingerprint density at radius 2 is 2.06 bits per heavy atom. The molecule has 1 heterocycles. The highest BCUT2D eigenvalue weighted by Gasteiger charge is 2.11. The summed E-state index contributed by atoms with van der Waals surface area (Å²) in [6, 6.07) is 3.70. The molecule has 94 valence electrons. The third kappa shape index (κ3) is 4.98. The lowest BCUT2D eigenvalue weighted by Gasteiger charge is -2.03. The normalized spacial score (nSPS) is 10.2. The van der Waals surface area contributed by atoms with Gasteiger partial charge in [0, 0.05) is 12.5 Å². The Morgan fingerprint density at radius 3 is 2.76 bits per heavy atom. The van der Waals surface area contributed by atoms with Gasteiger partial charge in [-0.3, -0.25) is 0 Å². The maximum absolute atomic E-state index is 11.7. The van der Waals surface area contributed by atoms with Gasteiger partial charge >= 0.3 is 5.97 Å². The van der Waals surface area contributed by atoms with Gasteiger partial charge in [0.1, 0.15) is 12.1 Å². The smallest absolute Gasteiger partial charge is 0.344 e. The first kappa shape index (κ1) is 13.7. The summed E-state index contributed by atoms with van der Waals surface area (Å²) in [7, 11) is 0. The SMILES string of the molecule is CCCCOC(=O)c1ccc[n+](CCCC)c1. The van der Waals surface area contributed by atoms with Crippen molar-refractivity contribution < 1.29 is 14.1 Å². The van der Waals surface area contributed by atoms with Crippen LogP contribution in [0.3, 0.4) is 0 Å². The van der Waals surface area contributed by atoms with Crippen LogP contribution in [0.15, 0.2) is 24.5 Å². The number of hydrogen-bond donors (Lipinski definition) is 0. The average Bonchev–Trinajstić information content (AvgIpc) is 2.37. The number of unbranched alkanes of at least 4 members (excludes halogenated alkanes) is 2. The second-order valence-electron chi connectivity index (χ2n) is 4.17. The van der Waals surface area contributed by atoms with E-state index in [0.29, 0.717) is 12.2 Å². The van der Waals surface area contributed by atoms with E-state index in [2.05, 4.69) is 13.8 Å². The number of aryl methyl sites for hydroxylation is 1. The van der Waals surface area contributed by atoms with Crippen molar-refractivity contribution >= 4 is 5.97 Å². The Kier molecular flexibility index (Phi) is 6.30. The molecule has 0 amide bonds. The van der Waals surface area contributed by atoms with Crippen LogP contribution in [0.25, 0.3) is 0 Å². The van der Waals surface area contributed by atoms with Gasteiger partial charge in [0.15, 0.2) is 12.4 Å². The van der Waals surface area contributed by atoms with Crippen molar-refractivity contribution in [3.63, 3.8) is 0 Å². The van der Waals surface area contributed by atoms with Gasteiger partial charge in [-0.1, -0.05) is 26.7 Å². The number of esters is 1. The van der Waals surface area contributed by atoms with Crippen LogP contribution in [0.4, 0.5) is 0 Å². The van der Waals surface area contributed by atoms with E-state index in [1.54, 1.807) is 6.07 Å². The molecular weight excluding hydrogens is 214 g/mol. The molecule has 3 heteroatoms. The highest BCUT2D eigenvalue weighted by molar-refractivity contribution is 5.88. The Hall–Kier alpha value is -1.38. The standard InChI is InChI=1S/C14H22NO2/c1-3-5-9-15-10-7-8-13(12-15)14(16)17-11-6-4-2/h7-8,10,12H,3-6,9,11H2,1-2H3/q+1. The van der Waals surface area contributed by atoms with Crippen LogP contribution in [0.5, 0.6) is 0 Å². The van der Waals surface area contributed by atoms with Crippen LogP contribution in [0.2, 0.25) is 0 Å². The summed E-state index contributed by atoms with van der Waals surface area (Å²) in [5, 5.41) is 0. The van der Waals surface area contributed by atoms with E-state index in [1.165, 1.54) is 0 Å². The molecule has 0 spiro atoms. The first-order chi connectivity index (χ1) is 8.27. The molecule has 0 unspecified atom stereocenters. The molecule has 17 heavy (non-hydrogen) atoms. The first-order valence-corrected chi connectivity index (χ1v) is 6.44. The van der Waals surface area contributed by atoms with E-state index in [0.717, 1.165) is 32.2 Å². The molecule has 0 atom stereocenters. The lowest BCUT2D eigenvalue weighted by Crippen LogP contribution is -2.33. The minimum absolute atomic E-state index is 0.218. The maximum Gasteiger partial charge on any atom is 0.344 e. The van der Waals surface area contributed by atoms with Crippen molar-refractivity contribution in [3.05, 3.63) is 30.1 Å². The first-order valence-electron chi connectivity index (χ1n) is 6.44. The second-order valence-corrected chi connectivity index (χ2v) is 4.17. The molecule has 0 aromatic carbocycles. The molecule has 3 nitrogen and oxygen atoms in total. The van der Waals surface area contributed by atoms with E-state index < -0.39 is 0 Å². The van der Waals surface area contributed by atoms with E-state index in [9.17, 15) is 4.79 Å². The zero-order valence-electron chi connectivity index (χ0n) is 10.8. The van der Waals surface area contributed by atoms with Crippen molar-refractivity contribution in [3.8, 4) is 0 Å². The fraction of sp³-hybridized carbons (Fsp3) is 0.571. The number of ether oxygens (including phenoxy) is 1. The lowest BCUT2D eigenvalue weighted by atomic mass is 10.2. The second kappa shape index (κ2) is 7.82. The third-order valence-corrected chi connectivity index (χ3v) is 2.59. The van der Waals surface area contributed by atoms with Crippen molar-refractivity contribution in [2.45, 2.75) is 46.1 Å². The minimum Gasteiger partial charge on any atom is -0.462 e. The number of carbonyl (C=O) groups excluding carboxylic acids is 1. The summed E-state index contributed by atoms with van der Waals surface area (Å²) in [5.74, 6) is -0.218. The average molecular weight is 236 g/mol. The number of pyridine rings is 1. The van der Waals surface area contributed by atoms with E-state index in [4.69, 9.17) is 4.74 Å². The monoisotopic (exact) mass is 236 g/mol. The quantitative estimate of drug-likeness (QED) is 0.414. The van der Waals surface area contributed by atoms with Gasteiger partial charge in [0.2, 0.25) is 0 Å². The summed E-state index contributed by atoms with van der Waals surface area (Å²) in [6.07, 6.45) is 8.09. The molecule has 0 saturated heterocycles. The molecule has 0 fully saturated rings. The number of carbonyl (C=O) groups is 1. The summed E-state index contributed by atoms with van der Waals surface area (Å²) in [4.78, 5) is 11.7. The molecular formula is C14H22NO2+. The molecule has 1 aromatic rings. The molecule has 1 rings (SSSR count). The number of rotatable bonds is 7. The predicted octanol–water partition coefficient (Wildman–Crippen LogP) is 2.73. The van der Waals surface area contributed by atoms with Crippen molar-refractivity contribution in [2.75, 3.05) is 6.61 Å². The summed E-state index contributed by atoms with van der Waals surface area (Å²) in [6.45, 7) is 5.70. The van der Waals surface area contributed by atoms with Gasteiger partial charge in [-0.05, 0) is 12.5 Å². The highest BCUT2D eigenvalue weighted by Crippen LogP contribution is 2.00. The van der Waals surface area contributed by atoms with Crippen LogP contribution in [-0.2, 0) is 11.3 Å². The summed E-state index contributed by atoms with van der Waals surface area (Å²) < 4.78 is 7.22. The fourth-order valence-electron chi connectivity index (χ4n) is 1.52. The number of hydrogen-bond acceptors (Lipinski definition) is 2. The van der Waals surface area contributed by atoms with Gasteiger partial charge in [-0.25, -0.2) is 9.36 Å².